The number of rotatable bonds is 1. The van der Waals surface area contributed by atoms with Crippen LogP contribution in [0.15, 0.2) is 24.3 Å². The molecule has 1 saturated carbocycles. The number of carbonyl (C=O) groups is 1. The first-order valence-corrected chi connectivity index (χ1v) is 7.36. The third-order valence-electron chi connectivity index (χ3n) is 4.53. The first-order valence-electron chi connectivity index (χ1n) is 7.36. The van der Waals surface area contributed by atoms with Gasteiger partial charge in [0.15, 0.2) is 0 Å². The molecule has 3 atom stereocenters. The Bertz CT molecular complexity index is 602. The molecule has 4 heteroatoms. The minimum Gasteiger partial charge on any atom is -0.393 e. The number of fused-ring (bicyclic) bond motifs is 1. The number of aliphatic hydroxyl groups excluding tert-OH is 2. The third-order valence-corrected chi connectivity index (χ3v) is 4.53. The molecule has 1 aliphatic carbocycles. The van der Waals surface area contributed by atoms with Gasteiger partial charge >= 0.3 is 0 Å². The van der Waals surface area contributed by atoms with Gasteiger partial charge in [-0.1, -0.05) is 17.9 Å². The number of benzene rings is 1. The molecule has 1 aromatic carbocycles. The maximum absolute atomic E-state index is 12.6. The van der Waals surface area contributed by atoms with Crippen LogP contribution >= 0.6 is 0 Å². The van der Waals surface area contributed by atoms with E-state index in [4.69, 9.17) is 5.11 Å². The van der Waals surface area contributed by atoms with Gasteiger partial charge < -0.3 is 15.1 Å². The van der Waals surface area contributed by atoms with Crippen LogP contribution in [0, 0.1) is 23.7 Å². The number of hydrogen-bond acceptors (Lipinski definition) is 3. The Kier molecular flexibility index (Phi) is 3.96. The van der Waals surface area contributed by atoms with Crippen LogP contribution in [0.3, 0.4) is 0 Å². The van der Waals surface area contributed by atoms with Gasteiger partial charge in [-0.25, -0.2) is 0 Å². The maximum Gasteiger partial charge on any atom is 0.253 e. The number of aliphatic hydroxyl groups is 2. The van der Waals surface area contributed by atoms with Crippen molar-refractivity contribution in [2.75, 3.05) is 19.7 Å². The molecule has 1 heterocycles. The van der Waals surface area contributed by atoms with Crippen molar-refractivity contribution >= 4 is 5.91 Å². The standard InChI is InChI=1S/C17H19NO3/c19-8-2-4-12-3-1-5-13(9-12)17(21)18-10-14-6-7-16(20)15(14)11-18/h1,3,5,9,14-16,19-20H,6-8,10-11H2. The van der Waals surface area contributed by atoms with Crippen molar-refractivity contribution in [3.8, 4) is 11.8 Å². The van der Waals surface area contributed by atoms with Gasteiger partial charge in [-0.3, -0.25) is 4.79 Å². The van der Waals surface area contributed by atoms with E-state index in [0.717, 1.165) is 24.9 Å². The van der Waals surface area contributed by atoms with Crippen molar-refractivity contribution < 1.29 is 15.0 Å². The lowest BCUT2D eigenvalue weighted by Gasteiger charge is -2.18. The summed E-state index contributed by atoms with van der Waals surface area (Å²) >= 11 is 0. The molecular formula is C17H19NO3. The Labute approximate surface area is 124 Å². The minimum atomic E-state index is -0.255. The normalized spacial score (nSPS) is 27.1. The summed E-state index contributed by atoms with van der Waals surface area (Å²) in [6, 6.07) is 7.18. The molecule has 2 aliphatic rings. The molecule has 3 rings (SSSR count). The quantitative estimate of drug-likeness (QED) is 0.753. The number of nitrogens with zero attached hydrogens (tertiary/aromatic N) is 1. The van der Waals surface area contributed by atoms with Crippen molar-refractivity contribution in [1.82, 2.24) is 4.90 Å². The molecule has 1 saturated heterocycles. The van der Waals surface area contributed by atoms with Gasteiger partial charge in [0, 0.05) is 30.1 Å². The summed E-state index contributed by atoms with van der Waals surface area (Å²) in [4.78, 5) is 14.4. The van der Waals surface area contributed by atoms with Crippen molar-refractivity contribution in [2.45, 2.75) is 18.9 Å². The van der Waals surface area contributed by atoms with Crippen molar-refractivity contribution in [3.05, 3.63) is 35.4 Å². The second kappa shape index (κ2) is 5.88. The van der Waals surface area contributed by atoms with E-state index in [0.29, 0.717) is 18.0 Å². The highest BCUT2D eigenvalue weighted by molar-refractivity contribution is 5.94. The molecule has 4 nitrogen and oxygen atoms in total. The lowest BCUT2D eigenvalue weighted by Crippen LogP contribution is -2.31. The Balaban J connectivity index is 1.74. The summed E-state index contributed by atoms with van der Waals surface area (Å²) < 4.78 is 0. The Hall–Kier alpha value is -1.83. The first kappa shape index (κ1) is 14.1. The van der Waals surface area contributed by atoms with Gasteiger partial charge in [0.1, 0.15) is 6.61 Å². The number of likely N-dealkylation sites (tertiary alicyclic amines) is 1. The van der Waals surface area contributed by atoms with Crippen LogP contribution < -0.4 is 0 Å². The summed E-state index contributed by atoms with van der Waals surface area (Å²) in [7, 11) is 0. The molecule has 2 fully saturated rings. The summed E-state index contributed by atoms with van der Waals surface area (Å²) in [5, 5.41) is 18.7. The fourth-order valence-corrected chi connectivity index (χ4v) is 3.46. The van der Waals surface area contributed by atoms with Crippen LogP contribution in [0.2, 0.25) is 0 Å². The van der Waals surface area contributed by atoms with Gasteiger partial charge in [0.05, 0.1) is 6.10 Å². The minimum absolute atomic E-state index is 0.00393. The van der Waals surface area contributed by atoms with Gasteiger partial charge in [-0.15, -0.1) is 0 Å². The zero-order chi connectivity index (χ0) is 14.8. The molecular weight excluding hydrogens is 266 g/mol. The van der Waals surface area contributed by atoms with Gasteiger partial charge in [-0.05, 0) is 37.0 Å². The number of carbonyl (C=O) groups excluding carboxylic acids is 1. The van der Waals surface area contributed by atoms with E-state index < -0.39 is 0 Å². The van der Waals surface area contributed by atoms with E-state index in [1.165, 1.54) is 0 Å². The molecule has 21 heavy (non-hydrogen) atoms. The van der Waals surface area contributed by atoms with Crippen molar-refractivity contribution in [2.24, 2.45) is 11.8 Å². The van der Waals surface area contributed by atoms with Crippen LogP contribution in [-0.4, -0.2) is 46.8 Å². The van der Waals surface area contributed by atoms with Crippen molar-refractivity contribution in [3.63, 3.8) is 0 Å². The summed E-state index contributed by atoms with van der Waals surface area (Å²) in [6.07, 6.45) is 1.62. The molecule has 2 N–H and O–H groups in total. The first-order chi connectivity index (χ1) is 10.2. The zero-order valence-corrected chi connectivity index (χ0v) is 11.8. The van der Waals surface area contributed by atoms with Crippen LogP contribution in [0.4, 0.5) is 0 Å². The predicted octanol–water partition coefficient (Wildman–Crippen LogP) is 0.873. The highest BCUT2D eigenvalue weighted by atomic mass is 16.3. The van der Waals surface area contributed by atoms with E-state index in [1.807, 2.05) is 11.0 Å². The van der Waals surface area contributed by atoms with Crippen LogP contribution in [-0.2, 0) is 0 Å². The lowest BCUT2D eigenvalue weighted by molar-refractivity contribution is 0.0752. The highest BCUT2D eigenvalue weighted by Crippen LogP contribution is 2.38. The van der Waals surface area contributed by atoms with E-state index in [-0.39, 0.29) is 24.5 Å². The molecule has 1 aromatic rings. The van der Waals surface area contributed by atoms with Crippen molar-refractivity contribution in [1.29, 1.82) is 0 Å². The number of hydrogen-bond donors (Lipinski definition) is 2. The Morgan fingerprint density at radius 3 is 2.95 bits per heavy atom. The zero-order valence-electron chi connectivity index (χ0n) is 11.8. The average molecular weight is 285 g/mol. The second-order valence-electron chi connectivity index (χ2n) is 5.82. The van der Waals surface area contributed by atoms with Crippen LogP contribution in [0.25, 0.3) is 0 Å². The molecule has 1 amide bonds. The van der Waals surface area contributed by atoms with Crippen LogP contribution in [0.5, 0.6) is 0 Å². The fraction of sp³-hybridized carbons (Fsp3) is 0.471. The van der Waals surface area contributed by atoms with Gasteiger partial charge in [0.25, 0.3) is 5.91 Å². The van der Waals surface area contributed by atoms with E-state index >= 15 is 0 Å². The van der Waals surface area contributed by atoms with Gasteiger partial charge in [-0.2, -0.15) is 0 Å². The third kappa shape index (κ3) is 2.80. The predicted molar refractivity (Wildman–Crippen MR) is 78.5 cm³/mol. The molecule has 110 valence electrons. The van der Waals surface area contributed by atoms with E-state index in [2.05, 4.69) is 11.8 Å². The Morgan fingerprint density at radius 2 is 2.19 bits per heavy atom. The smallest absolute Gasteiger partial charge is 0.253 e. The average Bonchev–Trinajstić information content (AvgIpc) is 3.07. The second-order valence-corrected chi connectivity index (χ2v) is 5.82. The lowest BCUT2D eigenvalue weighted by atomic mass is 10.00. The maximum atomic E-state index is 12.6. The number of amides is 1. The van der Waals surface area contributed by atoms with E-state index in [1.54, 1.807) is 18.2 Å². The molecule has 1 aliphatic heterocycles. The SMILES string of the molecule is O=C(c1cccc(C#CCO)c1)N1CC2CCC(O)C2C1. The summed E-state index contributed by atoms with van der Waals surface area (Å²) in [5.74, 6) is 6.09. The topological polar surface area (TPSA) is 60.8 Å². The summed E-state index contributed by atoms with van der Waals surface area (Å²) in [6.45, 7) is 1.20. The largest absolute Gasteiger partial charge is 0.393 e. The van der Waals surface area contributed by atoms with E-state index in [9.17, 15) is 9.90 Å². The fourth-order valence-electron chi connectivity index (χ4n) is 3.46. The Morgan fingerprint density at radius 1 is 1.33 bits per heavy atom. The summed E-state index contributed by atoms with van der Waals surface area (Å²) in [5.41, 5.74) is 1.35. The molecule has 0 bridgehead atoms. The molecule has 0 radical (unpaired) electrons. The highest BCUT2D eigenvalue weighted by Gasteiger charge is 2.43. The van der Waals surface area contributed by atoms with Gasteiger partial charge in [0.2, 0.25) is 0 Å². The molecule has 0 aromatic heterocycles. The molecule has 0 spiro atoms. The molecule has 3 unspecified atom stereocenters. The van der Waals surface area contributed by atoms with Crippen LogP contribution in [0.1, 0.15) is 28.8 Å². The monoisotopic (exact) mass is 285 g/mol.